The van der Waals surface area contributed by atoms with Crippen LogP contribution in [-0.2, 0) is 14.3 Å². The summed E-state index contributed by atoms with van der Waals surface area (Å²) in [6, 6.07) is 16.1. The first-order valence-corrected chi connectivity index (χ1v) is 11.5. The minimum atomic E-state index is -0.942. The first kappa shape index (κ1) is 24.0. The van der Waals surface area contributed by atoms with E-state index >= 15 is 0 Å². The van der Waals surface area contributed by atoms with Gasteiger partial charge in [0.1, 0.15) is 15.0 Å². The number of aromatic nitrogens is 1. The molecular weight excluding hydrogens is 488 g/mol. The number of allylic oxidation sites excluding steroid dienone is 1. The molecule has 0 radical (unpaired) electrons. The van der Waals surface area contributed by atoms with Crippen LogP contribution in [0.15, 0.2) is 58.9 Å². The molecular formula is C25H19ClN4O4S. The quantitative estimate of drug-likeness (QED) is 0.521. The number of carbonyl (C=O) groups is 2. The van der Waals surface area contributed by atoms with Crippen LogP contribution in [0.5, 0.6) is 0 Å². The largest absolute Gasteiger partial charge is 0.466 e. The number of hydrogen-bond acceptors (Lipinski definition) is 7. The zero-order chi connectivity index (χ0) is 25.3. The Labute approximate surface area is 208 Å². The number of nitrogens with one attached hydrogen (secondary N) is 1. The Kier molecular flexibility index (Phi) is 6.60. The Balaban J connectivity index is 2.08. The highest BCUT2D eigenvalue weighted by atomic mass is 35.5. The molecule has 1 atom stereocenters. The summed E-state index contributed by atoms with van der Waals surface area (Å²) in [4.78, 5) is 38.7. The molecule has 10 heteroatoms. The average Bonchev–Trinajstić information content (AvgIpc) is 3.14. The van der Waals surface area contributed by atoms with Gasteiger partial charge in [-0.2, -0.15) is 5.26 Å². The van der Waals surface area contributed by atoms with Gasteiger partial charge in [-0.05, 0) is 36.2 Å². The number of methoxy groups -OCH3 is 1. The number of benzene rings is 2. The molecule has 3 aromatic rings. The van der Waals surface area contributed by atoms with Gasteiger partial charge in [0.2, 0.25) is 0 Å². The lowest BCUT2D eigenvalue weighted by atomic mass is 9.83. The van der Waals surface area contributed by atoms with Crippen molar-refractivity contribution in [3.05, 3.63) is 89.8 Å². The lowest BCUT2D eigenvalue weighted by Gasteiger charge is -2.26. The minimum absolute atomic E-state index is 0.00718. The molecule has 35 heavy (non-hydrogen) atoms. The number of fused-ring (bicyclic) bond motifs is 1. The monoisotopic (exact) mass is 506 g/mol. The zero-order valence-corrected chi connectivity index (χ0v) is 20.2. The van der Waals surface area contributed by atoms with E-state index in [0.717, 1.165) is 27.5 Å². The maximum Gasteiger partial charge on any atom is 0.332 e. The smallest absolute Gasteiger partial charge is 0.332 e. The fourth-order valence-electron chi connectivity index (χ4n) is 3.87. The number of hydrogen-bond donors (Lipinski definition) is 2. The number of ether oxygens (including phenoxy) is 1. The molecule has 1 amide bonds. The maximum absolute atomic E-state index is 13.7. The van der Waals surface area contributed by atoms with Crippen LogP contribution in [0.25, 0.3) is 17.5 Å². The Hall–Kier alpha value is -4.13. The van der Waals surface area contributed by atoms with Gasteiger partial charge in [0.05, 0.1) is 30.2 Å². The molecule has 0 saturated heterocycles. The summed E-state index contributed by atoms with van der Waals surface area (Å²) >= 11 is 7.39. The van der Waals surface area contributed by atoms with Crippen molar-refractivity contribution in [1.29, 1.82) is 5.26 Å². The normalized spacial score (nSPS) is 15.4. The predicted octanol–water partition coefficient (Wildman–Crippen LogP) is 2.06. The van der Waals surface area contributed by atoms with Gasteiger partial charge in [0.25, 0.3) is 11.5 Å². The third-order valence-corrected chi connectivity index (χ3v) is 6.91. The Bertz CT molecular complexity index is 1630. The number of aryl methyl sites for hydroxylation is 1. The summed E-state index contributed by atoms with van der Waals surface area (Å²) in [5.74, 6) is -2.36. The first-order valence-electron chi connectivity index (χ1n) is 10.3. The van der Waals surface area contributed by atoms with E-state index in [1.807, 2.05) is 13.0 Å². The van der Waals surface area contributed by atoms with Gasteiger partial charge in [-0.25, -0.2) is 4.79 Å². The third-order valence-electron chi connectivity index (χ3n) is 5.46. The molecule has 0 bridgehead atoms. The average molecular weight is 507 g/mol. The summed E-state index contributed by atoms with van der Waals surface area (Å²) in [6.45, 7) is 1.89. The lowest BCUT2D eigenvalue weighted by molar-refractivity contribution is -0.133. The molecule has 0 aliphatic carbocycles. The number of carbonyl (C=O) groups excluding carboxylic acids is 2. The standard InChI is InChI=1S/C25H19ClN4O4S/c1-13-6-5-7-14(10-13)29-23(32)21-20(15-8-3-4-9-17(15)26)16(12-27)22(28)30-24(33)18(35-25(21)30)11-19(31)34-2/h3-11,20H,28H2,1-2H3,(H,29,32)/b18-11-. The van der Waals surface area contributed by atoms with Crippen molar-refractivity contribution in [3.8, 4) is 6.07 Å². The van der Waals surface area contributed by atoms with Gasteiger partial charge < -0.3 is 15.8 Å². The van der Waals surface area contributed by atoms with Gasteiger partial charge in [-0.1, -0.05) is 41.9 Å². The summed E-state index contributed by atoms with van der Waals surface area (Å²) in [5.41, 5.74) is 7.71. The number of esters is 1. The highest BCUT2D eigenvalue weighted by Gasteiger charge is 2.36. The number of anilines is 1. The van der Waals surface area contributed by atoms with Crippen LogP contribution < -0.4 is 25.8 Å². The molecule has 8 nitrogen and oxygen atoms in total. The lowest BCUT2D eigenvalue weighted by Crippen LogP contribution is -2.41. The minimum Gasteiger partial charge on any atom is -0.466 e. The molecule has 1 unspecified atom stereocenters. The molecule has 176 valence electrons. The van der Waals surface area contributed by atoms with Gasteiger partial charge in [0, 0.05) is 16.8 Å². The van der Waals surface area contributed by atoms with Crippen LogP contribution in [-0.4, -0.2) is 23.6 Å². The van der Waals surface area contributed by atoms with Crippen LogP contribution in [0, 0.1) is 18.3 Å². The zero-order valence-electron chi connectivity index (χ0n) is 18.7. The molecule has 3 N–H and O–H groups in total. The number of nitrogens with zero attached hydrogens (tertiary/aromatic N) is 2. The Morgan fingerprint density at radius 3 is 2.66 bits per heavy atom. The van der Waals surface area contributed by atoms with Crippen molar-refractivity contribution < 1.29 is 14.3 Å². The van der Waals surface area contributed by atoms with Crippen molar-refractivity contribution in [2.24, 2.45) is 5.73 Å². The summed E-state index contributed by atoms with van der Waals surface area (Å²) in [5, 5.41) is 13.2. The molecule has 1 aromatic heterocycles. The molecule has 1 aliphatic rings. The summed E-state index contributed by atoms with van der Waals surface area (Å²) in [7, 11) is 1.19. The number of rotatable bonds is 4. The second-order valence-electron chi connectivity index (χ2n) is 7.68. The van der Waals surface area contributed by atoms with Gasteiger partial charge in [-0.3, -0.25) is 14.2 Å². The fourth-order valence-corrected chi connectivity index (χ4v) is 5.25. The van der Waals surface area contributed by atoms with Crippen molar-refractivity contribution in [2.75, 3.05) is 12.4 Å². The van der Waals surface area contributed by atoms with Crippen LogP contribution in [0.3, 0.4) is 0 Å². The number of nitrogens with two attached hydrogens (primary N) is 1. The van der Waals surface area contributed by atoms with Crippen LogP contribution in [0.4, 0.5) is 5.69 Å². The van der Waals surface area contributed by atoms with E-state index in [4.69, 9.17) is 17.3 Å². The molecule has 2 aromatic carbocycles. The molecule has 4 rings (SSSR count). The van der Waals surface area contributed by atoms with Crippen LogP contribution in [0.2, 0.25) is 5.02 Å². The number of amides is 1. The highest BCUT2D eigenvalue weighted by molar-refractivity contribution is 7.07. The molecule has 0 fully saturated rings. The number of halogens is 1. The van der Waals surface area contributed by atoms with E-state index in [-0.39, 0.29) is 26.2 Å². The summed E-state index contributed by atoms with van der Waals surface area (Å²) in [6.07, 6.45) is 1.03. The number of nitriles is 1. The third kappa shape index (κ3) is 4.37. The number of thiazole rings is 1. The Morgan fingerprint density at radius 2 is 2.00 bits per heavy atom. The van der Waals surface area contributed by atoms with Gasteiger partial charge >= 0.3 is 5.97 Å². The fraction of sp³-hybridized carbons (Fsp3) is 0.120. The SMILES string of the molecule is COC(=O)/C=c1\sc2n(c1=O)C(N)=C(C#N)C(c1ccccc1Cl)C=2C(=O)Nc1cccc(C)c1. The Morgan fingerprint density at radius 1 is 1.26 bits per heavy atom. The van der Waals surface area contributed by atoms with Crippen molar-refractivity contribution in [1.82, 2.24) is 4.57 Å². The van der Waals surface area contributed by atoms with Crippen LogP contribution in [0.1, 0.15) is 17.0 Å². The molecule has 2 heterocycles. The summed E-state index contributed by atoms with van der Waals surface area (Å²) < 4.78 is 5.92. The van der Waals surface area contributed by atoms with Crippen molar-refractivity contribution in [3.63, 3.8) is 0 Å². The van der Waals surface area contributed by atoms with E-state index in [1.54, 1.807) is 42.5 Å². The maximum atomic E-state index is 13.7. The van der Waals surface area contributed by atoms with E-state index in [9.17, 15) is 19.6 Å². The van der Waals surface area contributed by atoms with E-state index < -0.39 is 23.4 Å². The molecule has 0 spiro atoms. The molecule has 1 aliphatic heterocycles. The van der Waals surface area contributed by atoms with Crippen LogP contribution >= 0.6 is 22.9 Å². The van der Waals surface area contributed by atoms with E-state index in [0.29, 0.717) is 16.3 Å². The van der Waals surface area contributed by atoms with Crippen molar-refractivity contribution >= 4 is 58.0 Å². The van der Waals surface area contributed by atoms with Gasteiger partial charge in [-0.15, -0.1) is 11.3 Å². The predicted molar refractivity (Wildman–Crippen MR) is 135 cm³/mol. The van der Waals surface area contributed by atoms with Crippen molar-refractivity contribution in [2.45, 2.75) is 12.8 Å². The first-order chi connectivity index (χ1) is 16.8. The van der Waals surface area contributed by atoms with E-state index in [1.165, 1.54) is 7.11 Å². The van der Waals surface area contributed by atoms with E-state index in [2.05, 4.69) is 16.1 Å². The van der Waals surface area contributed by atoms with Gasteiger partial charge in [0.15, 0.2) is 0 Å². The topological polar surface area (TPSA) is 127 Å². The molecule has 0 saturated carbocycles. The highest BCUT2D eigenvalue weighted by Crippen LogP contribution is 2.39. The second kappa shape index (κ2) is 9.62. The second-order valence-corrected chi connectivity index (χ2v) is 9.12.